The fraction of sp³-hybridized carbons (Fsp3) is 0.571. The van der Waals surface area contributed by atoms with E-state index >= 15 is 0 Å². The standard InChI is InChI=1S/C14H19F2NO/c1-2-9-3-5-10(6-4-9)18-14-8-11(15)13(17)7-12(14)16/h7-10H,2-6,17H2,1H3. The minimum Gasteiger partial charge on any atom is -0.487 e. The van der Waals surface area contributed by atoms with E-state index in [1.807, 2.05) is 0 Å². The molecule has 1 aliphatic carbocycles. The van der Waals surface area contributed by atoms with Gasteiger partial charge in [0.2, 0.25) is 0 Å². The smallest absolute Gasteiger partial charge is 0.167 e. The van der Waals surface area contributed by atoms with E-state index in [4.69, 9.17) is 10.5 Å². The molecule has 0 radical (unpaired) electrons. The minimum absolute atomic E-state index is 0.00896. The Morgan fingerprint density at radius 1 is 1.17 bits per heavy atom. The van der Waals surface area contributed by atoms with Gasteiger partial charge < -0.3 is 10.5 Å². The Kier molecular flexibility index (Phi) is 4.04. The first-order chi connectivity index (χ1) is 8.60. The number of nitrogens with two attached hydrogens (primary N) is 1. The van der Waals surface area contributed by atoms with Crippen LogP contribution in [0.5, 0.6) is 5.75 Å². The average Bonchev–Trinajstić information content (AvgIpc) is 2.37. The summed E-state index contributed by atoms with van der Waals surface area (Å²) in [5.41, 5.74) is 5.10. The number of halogens is 2. The predicted octanol–water partition coefficient (Wildman–Crippen LogP) is 3.89. The number of rotatable bonds is 3. The van der Waals surface area contributed by atoms with E-state index in [2.05, 4.69) is 6.92 Å². The van der Waals surface area contributed by atoms with Crippen molar-refractivity contribution in [1.82, 2.24) is 0 Å². The molecule has 2 N–H and O–H groups in total. The van der Waals surface area contributed by atoms with Gasteiger partial charge in [0.15, 0.2) is 11.6 Å². The summed E-state index contributed by atoms with van der Waals surface area (Å²) in [6.07, 6.45) is 5.18. The molecule has 0 aliphatic heterocycles. The molecule has 0 unspecified atom stereocenters. The Morgan fingerprint density at radius 2 is 1.83 bits per heavy atom. The number of benzene rings is 1. The second-order valence-electron chi connectivity index (χ2n) is 4.97. The van der Waals surface area contributed by atoms with Gasteiger partial charge in [-0.2, -0.15) is 0 Å². The van der Waals surface area contributed by atoms with Gasteiger partial charge in [0.05, 0.1) is 11.8 Å². The number of hydrogen-bond acceptors (Lipinski definition) is 2. The summed E-state index contributed by atoms with van der Waals surface area (Å²) < 4.78 is 32.4. The third-order valence-corrected chi connectivity index (χ3v) is 3.72. The van der Waals surface area contributed by atoms with Gasteiger partial charge in [-0.1, -0.05) is 13.3 Å². The van der Waals surface area contributed by atoms with E-state index < -0.39 is 11.6 Å². The third-order valence-electron chi connectivity index (χ3n) is 3.72. The maximum absolute atomic E-state index is 13.6. The van der Waals surface area contributed by atoms with E-state index in [9.17, 15) is 8.78 Å². The molecule has 4 heteroatoms. The number of nitrogen functional groups attached to an aromatic ring is 1. The second kappa shape index (κ2) is 5.55. The lowest BCUT2D eigenvalue weighted by Gasteiger charge is -2.28. The second-order valence-corrected chi connectivity index (χ2v) is 4.97. The molecule has 1 fully saturated rings. The van der Waals surface area contributed by atoms with Crippen LogP contribution in [0.15, 0.2) is 12.1 Å². The Hall–Kier alpha value is -1.32. The summed E-state index contributed by atoms with van der Waals surface area (Å²) in [4.78, 5) is 0. The zero-order valence-corrected chi connectivity index (χ0v) is 10.6. The van der Waals surface area contributed by atoms with Crippen molar-refractivity contribution >= 4 is 5.69 Å². The zero-order valence-electron chi connectivity index (χ0n) is 10.6. The molecule has 0 atom stereocenters. The Balaban J connectivity index is 2.00. The predicted molar refractivity (Wildman–Crippen MR) is 67.4 cm³/mol. The highest BCUT2D eigenvalue weighted by Crippen LogP contribution is 2.31. The molecular formula is C14H19F2NO. The van der Waals surface area contributed by atoms with Gasteiger partial charge >= 0.3 is 0 Å². The maximum Gasteiger partial charge on any atom is 0.167 e. The van der Waals surface area contributed by atoms with E-state index in [1.165, 1.54) is 6.42 Å². The lowest BCUT2D eigenvalue weighted by atomic mass is 9.86. The Morgan fingerprint density at radius 3 is 2.44 bits per heavy atom. The fourth-order valence-corrected chi connectivity index (χ4v) is 2.47. The highest BCUT2D eigenvalue weighted by Gasteiger charge is 2.22. The van der Waals surface area contributed by atoms with Crippen LogP contribution in [0.4, 0.5) is 14.5 Å². The van der Waals surface area contributed by atoms with Crippen LogP contribution in [0.2, 0.25) is 0 Å². The van der Waals surface area contributed by atoms with Gasteiger partial charge in [-0.15, -0.1) is 0 Å². The van der Waals surface area contributed by atoms with Crippen molar-refractivity contribution in [3.05, 3.63) is 23.8 Å². The Bertz CT molecular complexity index is 415. The summed E-state index contributed by atoms with van der Waals surface area (Å²) in [6, 6.07) is 2.01. The first-order valence-electron chi connectivity index (χ1n) is 6.51. The van der Waals surface area contributed by atoms with Crippen LogP contribution in [-0.2, 0) is 0 Å². The highest BCUT2D eigenvalue weighted by atomic mass is 19.1. The quantitative estimate of drug-likeness (QED) is 0.831. The van der Waals surface area contributed by atoms with Crippen LogP contribution in [0.25, 0.3) is 0 Å². The largest absolute Gasteiger partial charge is 0.487 e. The molecule has 0 aromatic heterocycles. The summed E-state index contributed by atoms with van der Waals surface area (Å²) in [5.74, 6) is -0.500. The lowest BCUT2D eigenvalue weighted by Crippen LogP contribution is -2.24. The molecule has 0 saturated heterocycles. The monoisotopic (exact) mass is 255 g/mol. The summed E-state index contributed by atoms with van der Waals surface area (Å²) in [6.45, 7) is 2.18. The van der Waals surface area contributed by atoms with Crippen molar-refractivity contribution in [2.24, 2.45) is 5.92 Å². The van der Waals surface area contributed by atoms with Crippen LogP contribution >= 0.6 is 0 Å². The van der Waals surface area contributed by atoms with Crippen LogP contribution in [0.3, 0.4) is 0 Å². The van der Waals surface area contributed by atoms with Crippen LogP contribution in [0, 0.1) is 17.6 Å². The zero-order chi connectivity index (χ0) is 13.1. The number of hydrogen-bond donors (Lipinski definition) is 1. The van der Waals surface area contributed by atoms with Crippen LogP contribution < -0.4 is 10.5 Å². The Labute approximate surface area is 106 Å². The third kappa shape index (κ3) is 2.92. The van der Waals surface area contributed by atoms with E-state index in [0.717, 1.165) is 43.7 Å². The van der Waals surface area contributed by atoms with E-state index in [0.29, 0.717) is 0 Å². The first-order valence-corrected chi connectivity index (χ1v) is 6.51. The molecule has 1 aliphatic rings. The molecular weight excluding hydrogens is 236 g/mol. The molecule has 2 rings (SSSR count). The topological polar surface area (TPSA) is 35.2 Å². The van der Waals surface area contributed by atoms with Crippen molar-refractivity contribution in [3.63, 3.8) is 0 Å². The van der Waals surface area contributed by atoms with Gasteiger partial charge in [0.25, 0.3) is 0 Å². The molecule has 0 spiro atoms. The maximum atomic E-state index is 13.6. The van der Waals surface area contributed by atoms with E-state index in [-0.39, 0.29) is 17.5 Å². The SMILES string of the molecule is CCC1CCC(Oc2cc(F)c(N)cc2F)CC1. The lowest BCUT2D eigenvalue weighted by molar-refractivity contribution is 0.124. The molecule has 18 heavy (non-hydrogen) atoms. The molecule has 0 heterocycles. The van der Waals surface area contributed by atoms with Crippen molar-refractivity contribution in [2.45, 2.75) is 45.1 Å². The van der Waals surface area contributed by atoms with Crippen molar-refractivity contribution in [1.29, 1.82) is 0 Å². The van der Waals surface area contributed by atoms with E-state index in [1.54, 1.807) is 0 Å². The molecule has 1 saturated carbocycles. The minimum atomic E-state index is -0.631. The summed E-state index contributed by atoms with van der Waals surface area (Å²) in [5, 5.41) is 0. The number of anilines is 1. The van der Waals surface area contributed by atoms with Gasteiger partial charge in [-0.05, 0) is 31.6 Å². The molecule has 1 aromatic carbocycles. The van der Waals surface area contributed by atoms with Gasteiger partial charge in [-0.3, -0.25) is 0 Å². The van der Waals surface area contributed by atoms with Crippen molar-refractivity contribution in [3.8, 4) is 5.75 Å². The van der Waals surface area contributed by atoms with Crippen LogP contribution in [-0.4, -0.2) is 6.10 Å². The van der Waals surface area contributed by atoms with Crippen molar-refractivity contribution < 1.29 is 13.5 Å². The molecule has 2 nitrogen and oxygen atoms in total. The average molecular weight is 255 g/mol. The fourth-order valence-electron chi connectivity index (χ4n) is 2.47. The molecule has 0 amide bonds. The molecule has 0 bridgehead atoms. The number of ether oxygens (including phenoxy) is 1. The van der Waals surface area contributed by atoms with Gasteiger partial charge in [0.1, 0.15) is 5.82 Å². The van der Waals surface area contributed by atoms with Crippen molar-refractivity contribution in [2.75, 3.05) is 5.73 Å². The summed E-state index contributed by atoms with van der Waals surface area (Å²) in [7, 11) is 0. The van der Waals surface area contributed by atoms with Crippen LogP contribution in [0.1, 0.15) is 39.0 Å². The first kappa shape index (κ1) is 13.1. The highest BCUT2D eigenvalue weighted by molar-refractivity contribution is 5.44. The molecule has 1 aromatic rings. The normalized spacial score (nSPS) is 23.9. The van der Waals surface area contributed by atoms with Gasteiger partial charge in [-0.25, -0.2) is 8.78 Å². The molecule has 100 valence electrons. The summed E-state index contributed by atoms with van der Waals surface area (Å²) >= 11 is 0. The van der Waals surface area contributed by atoms with Gasteiger partial charge in [0, 0.05) is 12.1 Å².